The fourth-order valence-electron chi connectivity index (χ4n) is 0.744. The molecular formula is C9H14O8-2. The van der Waals surface area contributed by atoms with Gasteiger partial charge in [-0.25, -0.2) is 4.79 Å². The summed E-state index contributed by atoms with van der Waals surface area (Å²) < 4.78 is 8.59. The lowest BCUT2D eigenvalue weighted by molar-refractivity contribution is -0.645. The number of carbonyl (C=O) groups excluding carboxylic acids is 2. The van der Waals surface area contributed by atoms with Crippen LogP contribution in [0.1, 0.15) is 20.8 Å². The molecule has 8 heteroatoms. The van der Waals surface area contributed by atoms with Crippen molar-refractivity contribution in [1.82, 2.24) is 0 Å². The van der Waals surface area contributed by atoms with Crippen molar-refractivity contribution in [3.05, 3.63) is 0 Å². The zero-order chi connectivity index (χ0) is 13.8. The molecular weight excluding hydrogens is 236 g/mol. The van der Waals surface area contributed by atoms with Crippen molar-refractivity contribution in [2.75, 3.05) is 0 Å². The highest BCUT2D eigenvalue weighted by molar-refractivity contribution is 5.74. The molecule has 17 heavy (non-hydrogen) atoms. The second kappa shape index (κ2) is 5.92. The van der Waals surface area contributed by atoms with Gasteiger partial charge in [-0.3, -0.25) is 0 Å². The van der Waals surface area contributed by atoms with Gasteiger partial charge >= 0.3 is 5.97 Å². The van der Waals surface area contributed by atoms with Crippen LogP contribution in [0, 0.1) is 0 Å². The monoisotopic (exact) mass is 250 g/mol. The van der Waals surface area contributed by atoms with Crippen LogP contribution in [0.4, 0.5) is 0 Å². The van der Waals surface area contributed by atoms with Crippen LogP contribution in [0.25, 0.3) is 0 Å². The third-order valence-corrected chi connectivity index (χ3v) is 1.83. The van der Waals surface area contributed by atoms with Crippen LogP contribution in [-0.4, -0.2) is 46.4 Å². The number of carboxylic acids is 1. The number of hydrogen-bond donors (Lipinski definition) is 2. The van der Waals surface area contributed by atoms with E-state index >= 15 is 0 Å². The van der Waals surface area contributed by atoms with E-state index < -0.39 is 36.2 Å². The molecule has 0 aliphatic carbocycles. The van der Waals surface area contributed by atoms with Crippen molar-refractivity contribution in [2.45, 2.75) is 45.1 Å². The Labute approximate surface area is 97.4 Å². The first kappa shape index (κ1) is 15.8. The lowest BCUT2D eigenvalue weighted by atomic mass is 10.3. The van der Waals surface area contributed by atoms with Gasteiger partial charge in [-0.05, 0) is 20.8 Å². The second-order valence-corrected chi connectivity index (χ2v) is 3.46. The first-order valence-electron chi connectivity index (χ1n) is 4.78. The maximum atomic E-state index is 11.4. The van der Waals surface area contributed by atoms with Crippen molar-refractivity contribution in [3.63, 3.8) is 0 Å². The molecule has 0 heterocycles. The summed E-state index contributed by atoms with van der Waals surface area (Å²) in [6.07, 6.45) is -4.86. The first-order chi connectivity index (χ1) is 7.58. The topological polar surface area (TPSA) is 139 Å². The maximum Gasteiger partial charge on any atom is 0.335 e. The van der Waals surface area contributed by atoms with Crippen LogP contribution in [0.2, 0.25) is 0 Å². The summed E-state index contributed by atoms with van der Waals surface area (Å²) in [7, 11) is 0. The van der Waals surface area contributed by atoms with Crippen LogP contribution in [0.3, 0.4) is 0 Å². The molecule has 0 bridgehead atoms. The molecule has 0 aliphatic rings. The summed E-state index contributed by atoms with van der Waals surface area (Å²) in [6.45, 7) is 3.07. The number of esters is 1. The molecule has 4 unspecified atom stereocenters. The predicted molar refractivity (Wildman–Crippen MR) is 47.7 cm³/mol. The Bertz CT molecular complexity index is 285. The highest BCUT2D eigenvalue weighted by Gasteiger charge is 2.29. The van der Waals surface area contributed by atoms with Gasteiger partial charge in [0.05, 0.1) is 12.1 Å². The Morgan fingerprint density at radius 1 is 1.29 bits per heavy atom. The molecule has 2 N–H and O–H groups in total. The van der Waals surface area contributed by atoms with E-state index in [1.54, 1.807) is 0 Å². The molecule has 0 amide bonds. The average molecular weight is 250 g/mol. The fraction of sp³-hybridized carbons (Fsp3) is 0.778. The minimum absolute atomic E-state index is 0.974. The number of hydrogen-bond acceptors (Lipinski definition) is 8. The van der Waals surface area contributed by atoms with Crippen LogP contribution in [0.5, 0.6) is 0 Å². The average Bonchev–Trinajstić information content (AvgIpc) is 2.16. The Hall–Kier alpha value is -1.22. The molecule has 0 aliphatic heterocycles. The summed E-state index contributed by atoms with van der Waals surface area (Å²) >= 11 is 0. The van der Waals surface area contributed by atoms with E-state index in [4.69, 9.17) is 5.11 Å². The SMILES string of the molecule is CC(O)C(=O)OC(C)C([O-])(O)OC(C)C(=O)[O-]. The van der Waals surface area contributed by atoms with E-state index in [-0.39, 0.29) is 0 Å². The van der Waals surface area contributed by atoms with Gasteiger partial charge in [0, 0.05) is 0 Å². The van der Waals surface area contributed by atoms with Crippen molar-refractivity contribution in [1.29, 1.82) is 0 Å². The van der Waals surface area contributed by atoms with Crippen molar-refractivity contribution in [3.8, 4) is 0 Å². The lowest BCUT2D eigenvalue weighted by Crippen LogP contribution is -2.59. The number of carboxylic acid groups (broad SMARTS) is 1. The highest BCUT2D eigenvalue weighted by Crippen LogP contribution is 2.12. The van der Waals surface area contributed by atoms with Gasteiger partial charge in [-0.15, -0.1) is 0 Å². The van der Waals surface area contributed by atoms with Crippen LogP contribution < -0.4 is 10.2 Å². The third-order valence-electron chi connectivity index (χ3n) is 1.83. The van der Waals surface area contributed by atoms with E-state index in [1.807, 2.05) is 0 Å². The first-order valence-corrected chi connectivity index (χ1v) is 4.78. The number of ether oxygens (including phenoxy) is 2. The molecule has 0 aromatic heterocycles. The van der Waals surface area contributed by atoms with Crippen molar-refractivity contribution < 1.29 is 39.5 Å². The van der Waals surface area contributed by atoms with Crippen LogP contribution >= 0.6 is 0 Å². The van der Waals surface area contributed by atoms with E-state index in [2.05, 4.69) is 9.47 Å². The molecule has 0 rings (SSSR count). The summed E-state index contributed by atoms with van der Waals surface area (Å²) in [5.74, 6) is -6.09. The van der Waals surface area contributed by atoms with Gasteiger partial charge in [0.25, 0.3) is 0 Å². The Kier molecular flexibility index (Phi) is 5.49. The standard InChI is InChI=1S/C9H15O8/c1-4(10)8(13)16-6(3)9(14,15)17-5(2)7(11)12/h4-6,10,14H,1-3H3,(H,11,12)/q-1/p-1. The fourth-order valence-corrected chi connectivity index (χ4v) is 0.744. The van der Waals surface area contributed by atoms with Crippen molar-refractivity contribution >= 4 is 11.9 Å². The zero-order valence-corrected chi connectivity index (χ0v) is 9.58. The Morgan fingerprint density at radius 2 is 1.76 bits per heavy atom. The summed E-state index contributed by atoms with van der Waals surface area (Å²) in [5.41, 5.74) is 0. The van der Waals surface area contributed by atoms with Crippen LogP contribution in [-0.2, 0) is 19.1 Å². The summed E-state index contributed by atoms with van der Waals surface area (Å²) in [5, 5.41) is 39.7. The van der Waals surface area contributed by atoms with Crippen LogP contribution in [0.15, 0.2) is 0 Å². The molecule has 0 spiro atoms. The molecule has 0 saturated carbocycles. The molecule has 0 aromatic carbocycles. The second-order valence-electron chi connectivity index (χ2n) is 3.46. The third kappa shape index (κ3) is 5.09. The quantitative estimate of drug-likeness (QED) is 0.365. The summed E-state index contributed by atoms with van der Waals surface area (Å²) in [6, 6.07) is 0. The molecule has 0 saturated heterocycles. The number of rotatable bonds is 6. The van der Waals surface area contributed by atoms with E-state index in [0.717, 1.165) is 20.8 Å². The van der Waals surface area contributed by atoms with Gasteiger partial charge in [0.1, 0.15) is 18.2 Å². The number of aliphatic hydroxyl groups is 2. The van der Waals surface area contributed by atoms with Crippen molar-refractivity contribution in [2.24, 2.45) is 0 Å². The van der Waals surface area contributed by atoms with Gasteiger partial charge in [0.15, 0.2) is 0 Å². The molecule has 0 fully saturated rings. The largest absolute Gasteiger partial charge is 0.804 e. The number of aliphatic hydroxyl groups excluding tert-OH is 1. The normalized spacial score (nSPS) is 19.9. The number of aliphatic carboxylic acids is 1. The van der Waals surface area contributed by atoms with Gasteiger partial charge < -0.3 is 34.7 Å². The zero-order valence-electron chi connectivity index (χ0n) is 9.58. The molecule has 8 nitrogen and oxygen atoms in total. The smallest absolute Gasteiger partial charge is 0.335 e. The minimum Gasteiger partial charge on any atom is -0.804 e. The molecule has 4 atom stereocenters. The van der Waals surface area contributed by atoms with E-state index in [0.29, 0.717) is 0 Å². The van der Waals surface area contributed by atoms with Gasteiger partial charge in [-0.1, -0.05) is 0 Å². The summed E-state index contributed by atoms with van der Waals surface area (Å²) in [4.78, 5) is 21.2. The molecule has 100 valence electrons. The molecule has 0 radical (unpaired) electrons. The lowest BCUT2D eigenvalue weighted by Gasteiger charge is -2.41. The Morgan fingerprint density at radius 3 is 2.12 bits per heavy atom. The minimum atomic E-state index is -3.25. The van der Waals surface area contributed by atoms with Gasteiger partial charge in [0.2, 0.25) is 0 Å². The highest BCUT2D eigenvalue weighted by atomic mass is 16.8. The maximum absolute atomic E-state index is 11.4. The van der Waals surface area contributed by atoms with E-state index in [1.165, 1.54) is 0 Å². The predicted octanol–water partition coefficient (Wildman–Crippen LogP) is -3.54. The number of carbonyl (C=O) groups is 2. The molecule has 0 aromatic rings. The Balaban J connectivity index is 4.49. The van der Waals surface area contributed by atoms with Gasteiger partial charge in [-0.2, -0.15) is 0 Å². The van der Waals surface area contributed by atoms with E-state index in [9.17, 15) is 24.9 Å².